The molecule has 1 fully saturated rings. The SMILES string of the molecule is CCOc1cc(C(=O)OC(C)C(=O)N2CCNC2=O)cc(OCC)c1OCC. The van der Waals surface area contributed by atoms with Gasteiger partial charge in [0.1, 0.15) is 0 Å². The number of carbonyl (C=O) groups is 3. The van der Waals surface area contributed by atoms with E-state index >= 15 is 0 Å². The highest BCUT2D eigenvalue weighted by Gasteiger charge is 2.32. The van der Waals surface area contributed by atoms with Gasteiger partial charge in [-0.05, 0) is 39.8 Å². The van der Waals surface area contributed by atoms with E-state index in [0.29, 0.717) is 43.6 Å². The van der Waals surface area contributed by atoms with Crippen LogP contribution in [0.15, 0.2) is 12.1 Å². The van der Waals surface area contributed by atoms with Crippen LogP contribution in [0.5, 0.6) is 17.2 Å². The average molecular weight is 394 g/mol. The van der Waals surface area contributed by atoms with Gasteiger partial charge in [0.05, 0.1) is 25.4 Å². The summed E-state index contributed by atoms with van der Waals surface area (Å²) < 4.78 is 22.0. The van der Waals surface area contributed by atoms with Crippen molar-refractivity contribution < 1.29 is 33.3 Å². The average Bonchev–Trinajstić information content (AvgIpc) is 3.09. The van der Waals surface area contributed by atoms with E-state index < -0.39 is 24.0 Å². The Morgan fingerprint density at radius 1 is 1.07 bits per heavy atom. The molecule has 154 valence electrons. The van der Waals surface area contributed by atoms with Crippen molar-refractivity contribution in [3.05, 3.63) is 17.7 Å². The third-order valence-corrected chi connectivity index (χ3v) is 3.90. The number of imide groups is 1. The van der Waals surface area contributed by atoms with Crippen molar-refractivity contribution in [2.24, 2.45) is 0 Å². The van der Waals surface area contributed by atoms with Crippen molar-refractivity contribution in [3.63, 3.8) is 0 Å². The highest BCUT2D eigenvalue weighted by Crippen LogP contribution is 2.39. The summed E-state index contributed by atoms with van der Waals surface area (Å²) in [5.41, 5.74) is 0.154. The minimum atomic E-state index is -1.12. The van der Waals surface area contributed by atoms with Crippen LogP contribution in [-0.4, -0.2) is 61.8 Å². The Kier molecular flexibility index (Phi) is 7.48. The Morgan fingerprint density at radius 3 is 2.11 bits per heavy atom. The van der Waals surface area contributed by atoms with Crippen molar-refractivity contribution in [1.29, 1.82) is 0 Å². The number of hydrogen-bond donors (Lipinski definition) is 1. The molecule has 9 nitrogen and oxygen atoms in total. The number of ether oxygens (including phenoxy) is 4. The first-order valence-electron chi connectivity index (χ1n) is 9.29. The minimum absolute atomic E-state index is 0.154. The molecule has 0 aromatic heterocycles. The van der Waals surface area contributed by atoms with Gasteiger partial charge in [-0.1, -0.05) is 0 Å². The van der Waals surface area contributed by atoms with Crippen LogP contribution in [0.1, 0.15) is 38.1 Å². The molecule has 1 aliphatic rings. The maximum atomic E-state index is 12.6. The molecule has 3 amide bonds. The van der Waals surface area contributed by atoms with Gasteiger partial charge in [-0.2, -0.15) is 0 Å². The zero-order valence-electron chi connectivity index (χ0n) is 16.6. The standard InChI is InChI=1S/C19H26N2O7/c1-5-25-14-10-13(11-15(26-6-2)16(14)27-7-3)18(23)28-12(4)17(22)21-9-8-20-19(21)24/h10-12H,5-9H2,1-4H3,(H,20,24). The molecular formula is C19H26N2O7. The number of hydrogen-bond acceptors (Lipinski definition) is 7. The van der Waals surface area contributed by atoms with E-state index in [1.807, 2.05) is 20.8 Å². The van der Waals surface area contributed by atoms with Gasteiger partial charge >= 0.3 is 12.0 Å². The third kappa shape index (κ3) is 4.85. The predicted molar refractivity (Wildman–Crippen MR) is 99.9 cm³/mol. The van der Waals surface area contributed by atoms with Crippen LogP contribution in [0.25, 0.3) is 0 Å². The fourth-order valence-corrected chi connectivity index (χ4v) is 2.69. The largest absolute Gasteiger partial charge is 0.490 e. The van der Waals surface area contributed by atoms with Crippen LogP contribution in [0.4, 0.5) is 4.79 Å². The number of benzene rings is 1. The van der Waals surface area contributed by atoms with E-state index in [1.165, 1.54) is 19.1 Å². The number of urea groups is 1. The van der Waals surface area contributed by atoms with E-state index in [-0.39, 0.29) is 12.1 Å². The molecule has 1 saturated heterocycles. The second kappa shape index (κ2) is 9.82. The van der Waals surface area contributed by atoms with E-state index in [9.17, 15) is 14.4 Å². The Bertz CT molecular complexity index is 708. The first-order valence-corrected chi connectivity index (χ1v) is 9.29. The maximum absolute atomic E-state index is 12.6. The Labute approximate surface area is 163 Å². The summed E-state index contributed by atoms with van der Waals surface area (Å²) in [7, 11) is 0. The smallest absolute Gasteiger partial charge is 0.339 e. The normalized spacial score (nSPS) is 14.3. The number of nitrogens with zero attached hydrogens (tertiary/aromatic N) is 1. The monoisotopic (exact) mass is 394 g/mol. The summed E-state index contributed by atoms with van der Waals surface area (Å²) >= 11 is 0. The minimum Gasteiger partial charge on any atom is -0.490 e. The molecule has 0 saturated carbocycles. The number of rotatable bonds is 9. The Hall–Kier alpha value is -2.97. The quantitative estimate of drug-likeness (QED) is 0.639. The van der Waals surface area contributed by atoms with Crippen molar-refractivity contribution in [2.45, 2.75) is 33.8 Å². The summed E-state index contributed by atoms with van der Waals surface area (Å²) in [4.78, 5) is 37.5. The number of nitrogens with one attached hydrogen (secondary N) is 1. The predicted octanol–water partition coefficient (Wildman–Crippen LogP) is 1.98. The highest BCUT2D eigenvalue weighted by atomic mass is 16.6. The lowest BCUT2D eigenvalue weighted by Crippen LogP contribution is -2.41. The Morgan fingerprint density at radius 2 is 1.64 bits per heavy atom. The molecule has 2 rings (SSSR count). The van der Waals surface area contributed by atoms with Gasteiger partial charge in [-0.15, -0.1) is 0 Å². The van der Waals surface area contributed by atoms with Crippen molar-refractivity contribution in [3.8, 4) is 17.2 Å². The van der Waals surface area contributed by atoms with Gasteiger partial charge < -0.3 is 24.3 Å². The van der Waals surface area contributed by atoms with Gasteiger partial charge in [-0.25, -0.2) is 9.59 Å². The van der Waals surface area contributed by atoms with E-state index in [0.717, 1.165) is 4.90 Å². The number of esters is 1. The molecule has 0 bridgehead atoms. The first-order chi connectivity index (χ1) is 13.4. The fourth-order valence-electron chi connectivity index (χ4n) is 2.69. The Balaban J connectivity index is 2.23. The van der Waals surface area contributed by atoms with Crippen LogP contribution < -0.4 is 19.5 Å². The second-order valence-corrected chi connectivity index (χ2v) is 5.87. The topological polar surface area (TPSA) is 103 Å². The summed E-state index contributed by atoms with van der Waals surface area (Å²) in [5, 5.41) is 2.53. The summed E-state index contributed by atoms with van der Waals surface area (Å²) in [6.45, 7) is 8.61. The molecule has 1 N–H and O–H groups in total. The van der Waals surface area contributed by atoms with Gasteiger partial charge in [0, 0.05) is 13.1 Å². The molecule has 1 heterocycles. The number of amides is 3. The van der Waals surface area contributed by atoms with E-state index in [2.05, 4.69) is 5.32 Å². The van der Waals surface area contributed by atoms with Gasteiger partial charge in [0.2, 0.25) is 5.75 Å². The van der Waals surface area contributed by atoms with Crippen LogP contribution in [0.2, 0.25) is 0 Å². The maximum Gasteiger partial charge on any atom is 0.339 e. The van der Waals surface area contributed by atoms with Crippen LogP contribution in [0, 0.1) is 0 Å². The molecular weight excluding hydrogens is 368 g/mol. The molecule has 1 aromatic rings. The lowest BCUT2D eigenvalue weighted by Gasteiger charge is -2.19. The summed E-state index contributed by atoms with van der Waals surface area (Å²) in [6, 6.07) is 2.48. The van der Waals surface area contributed by atoms with Crippen LogP contribution in [0.3, 0.4) is 0 Å². The third-order valence-electron chi connectivity index (χ3n) is 3.90. The van der Waals surface area contributed by atoms with E-state index in [1.54, 1.807) is 0 Å². The fraction of sp³-hybridized carbons (Fsp3) is 0.526. The molecule has 1 atom stereocenters. The zero-order valence-corrected chi connectivity index (χ0v) is 16.6. The van der Waals surface area contributed by atoms with Crippen LogP contribution in [-0.2, 0) is 9.53 Å². The lowest BCUT2D eigenvalue weighted by molar-refractivity contribution is -0.136. The van der Waals surface area contributed by atoms with Crippen molar-refractivity contribution >= 4 is 17.9 Å². The molecule has 1 aliphatic heterocycles. The zero-order chi connectivity index (χ0) is 20.7. The molecule has 0 aliphatic carbocycles. The molecule has 0 spiro atoms. The highest BCUT2D eigenvalue weighted by molar-refractivity contribution is 5.99. The molecule has 1 unspecified atom stereocenters. The van der Waals surface area contributed by atoms with Crippen molar-refractivity contribution in [1.82, 2.24) is 10.2 Å². The summed E-state index contributed by atoms with van der Waals surface area (Å²) in [6.07, 6.45) is -1.12. The summed E-state index contributed by atoms with van der Waals surface area (Å²) in [5.74, 6) is -0.212. The van der Waals surface area contributed by atoms with Crippen molar-refractivity contribution in [2.75, 3.05) is 32.9 Å². The molecule has 28 heavy (non-hydrogen) atoms. The molecule has 1 aromatic carbocycles. The van der Waals surface area contributed by atoms with E-state index in [4.69, 9.17) is 18.9 Å². The molecule has 0 radical (unpaired) electrons. The lowest BCUT2D eigenvalue weighted by atomic mass is 10.1. The molecule has 9 heteroatoms. The van der Waals surface area contributed by atoms with Gasteiger partial charge in [0.25, 0.3) is 5.91 Å². The first kappa shape index (κ1) is 21.3. The van der Waals surface area contributed by atoms with Gasteiger partial charge in [0.15, 0.2) is 17.6 Å². The van der Waals surface area contributed by atoms with Gasteiger partial charge in [-0.3, -0.25) is 9.69 Å². The second-order valence-electron chi connectivity index (χ2n) is 5.87. The van der Waals surface area contributed by atoms with Crippen LogP contribution >= 0.6 is 0 Å². The number of carbonyl (C=O) groups excluding carboxylic acids is 3.